The van der Waals surface area contributed by atoms with Crippen molar-refractivity contribution >= 4 is 15.9 Å². The lowest BCUT2D eigenvalue weighted by atomic mass is 10.3. The van der Waals surface area contributed by atoms with Crippen LogP contribution in [0.3, 0.4) is 0 Å². The standard InChI is InChI=1S/C13H12BrNO3/c1-16-9-5-3-6-10(17-2)13(9)18-12-8-4-7-11(14)15-12/h3-8H,1-2H3. The zero-order valence-electron chi connectivity index (χ0n) is 10.0. The fraction of sp³-hybridized carbons (Fsp3) is 0.154. The van der Waals surface area contributed by atoms with Crippen LogP contribution in [0.5, 0.6) is 23.1 Å². The van der Waals surface area contributed by atoms with E-state index in [4.69, 9.17) is 14.2 Å². The second kappa shape index (κ2) is 5.73. The Balaban J connectivity index is 2.38. The van der Waals surface area contributed by atoms with E-state index in [2.05, 4.69) is 20.9 Å². The highest BCUT2D eigenvalue weighted by molar-refractivity contribution is 9.10. The molecule has 1 heterocycles. The Kier molecular flexibility index (Phi) is 4.04. The van der Waals surface area contributed by atoms with Crippen molar-refractivity contribution in [3.63, 3.8) is 0 Å². The first kappa shape index (κ1) is 12.7. The number of hydrogen-bond acceptors (Lipinski definition) is 4. The maximum Gasteiger partial charge on any atom is 0.220 e. The van der Waals surface area contributed by atoms with E-state index in [1.54, 1.807) is 32.4 Å². The smallest absolute Gasteiger partial charge is 0.220 e. The summed E-state index contributed by atoms with van der Waals surface area (Å²) in [5, 5.41) is 0. The lowest BCUT2D eigenvalue weighted by Crippen LogP contribution is -1.95. The van der Waals surface area contributed by atoms with Gasteiger partial charge in [0.05, 0.1) is 14.2 Å². The van der Waals surface area contributed by atoms with Crippen molar-refractivity contribution in [2.45, 2.75) is 0 Å². The average molecular weight is 310 g/mol. The molecule has 0 aliphatic heterocycles. The molecule has 0 N–H and O–H groups in total. The normalized spacial score (nSPS) is 9.94. The van der Waals surface area contributed by atoms with E-state index in [0.29, 0.717) is 27.7 Å². The summed E-state index contributed by atoms with van der Waals surface area (Å²) in [5.41, 5.74) is 0. The van der Waals surface area contributed by atoms with Gasteiger partial charge in [-0.3, -0.25) is 0 Å². The molecule has 1 aromatic heterocycles. The van der Waals surface area contributed by atoms with Gasteiger partial charge in [0.15, 0.2) is 11.5 Å². The van der Waals surface area contributed by atoms with Crippen molar-refractivity contribution < 1.29 is 14.2 Å². The quantitative estimate of drug-likeness (QED) is 0.808. The molecule has 2 aromatic rings. The number of aromatic nitrogens is 1. The van der Waals surface area contributed by atoms with E-state index in [0.717, 1.165) is 0 Å². The molecule has 0 bridgehead atoms. The Bertz CT molecular complexity index is 523. The van der Waals surface area contributed by atoms with E-state index >= 15 is 0 Å². The number of ether oxygens (including phenoxy) is 3. The van der Waals surface area contributed by atoms with Crippen LogP contribution in [0, 0.1) is 0 Å². The maximum absolute atomic E-state index is 5.71. The van der Waals surface area contributed by atoms with Gasteiger partial charge in [0, 0.05) is 6.07 Å². The van der Waals surface area contributed by atoms with Gasteiger partial charge in [0.2, 0.25) is 11.6 Å². The van der Waals surface area contributed by atoms with Gasteiger partial charge in [-0.15, -0.1) is 0 Å². The lowest BCUT2D eigenvalue weighted by molar-refractivity contribution is 0.342. The minimum absolute atomic E-state index is 0.465. The van der Waals surface area contributed by atoms with Gasteiger partial charge < -0.3 is 14.2 Å². The second-order valence-electron chi connectivity index (χ2n) is 3.39. The Hall–Kier alpha value is -1.75. The van der Waals surface area contributed by atoms with Crippen LogP contribution in [0.15, 0.2) is 41.0 Å². The Morgan fingerprint density at radius 2 is 1.56 bits per heavy atom. The predicted octanol–water partition coefficient (Wildman–Crippen LogP) is 3.65. The third kappa shape index (κ3) is 2.73. The summed E-state index contributed by atoms with van der Waals surface area (Å²) in [6.45, 7) is 0. The first-order valence-electron chi connectivity index (χ1n) is 5.26. The summed E-state index contributed by atoms with van der Waals surface area (Å²) < 4.78 is 16.9. The molecule has 0 spiro atoms. The van der Waals surface area contributed by atoms with Crippen LogP contribution in [0.4, 0.5) is 0 Å². The molecule has 0 saturated heterocycles. The Morgan fingerprint density at radius 1 is 0.944 bits per heavy atom. The van der Waals surface area contributed by atoms with Crippen molar-refractivity contribution in [2.75, 3.05) is 14.2 Å². The predicted molar refractivity (Wildman–Crippen MR) is 71.6 cm³/mol. The molecule has 0 amide bonds. The van der Waals surface area contributed by atoms with E-state index in [1.807, 2.05) is 18.2 Å². The molecule has 0 unspecified atom stereocenters. The molecule has 0 radical (unpaired) electrons. The number of para-hydroxylation sites is 1. The van der Waals surface area contributed by atoms with Crippen LogP contribution in [0.2, 0.25) is 0 Å². The molecule has 0 atom stereocenters. The largest absolute Gasteiger partial charge is 0.493 e. The monoisotopic (exact) mass is 309 g/mol. The highest BCUT2D eigenvalue weighted by Crippen LogP contribution is 2.39. The van der Waals surface area contributed by atoms with Crippen molar-refractivity contribution in [3.8, 4) is 23.1 Å². The first-order valence-corrected chi connectivity index (χ1v) is 6.05. The molecule has 94 valence electrons. The number of benzene rings is 1. The molecule has 2 rings (SSSR count). The van der Waals surface area contributed by atoms with Gasteiger partial charge in [-0.05, 0) is 34.1 Å². The highest BCUT2D eigenvalue weighted by atomic mass is 79.9. The SMILES string of the molecule is COc1cccc(OC)c1Oc1cccc(Br)n1. The van der Waals surface area contributed by atoms with Crippen molar-refractivity contribution in [1.82, 2.24) is 4.98 Å². The third-order valence-electron chi connectivity index (χ3n) is 2.28. The summed E-state index contributed by atoms with van der Waals surface area (Å²) >= 11 is 3.29. The fourth-order valence-corrected chi connectivity index (χ4v) is 1.80. The van der Waals surface area contributed by atoms with E-state index in [1.165, 1.54) is 0 Å². The summed E-state index contributed by atoms with van der Waals surface area (Å²) in [7, 11) is 3.16. The zero-order valence-corrected chi connectivity index (χ0v) is 11.6. The van der Waals surface area contributed by atoms with Crippen molar-refractivity contribution in [1.29, 1.82) is 0 Å². The van der Waals surface area contributed by atoms with Crippen LogP contribution >= 0.6 is 15.9 Å². The summed E-state index contributed by atoms with van der Waals surface area (Å²) in [6.07, 6.45) is 0. The van der Waals surface area contributed by atoms with Crippen molar-refractivity contribution in [3.05, 3.63) is 41.0 Å². The third-order valence-corrected chi connectivity index (χ3v) is 2.72. The number of halogens is 1. The van der Waals surface area contributed by atoms with Crippen LogP contribution in [-0.4, -0.2) is 19.2 Å². The molecule has 0 aliphatic carbocycles. The first-order chi connectivity index (χ1) is 8.74. The maximum atomic E-state index is 5.71. The van der Waals surface area contributed by atoms with Gasteiger partial charge in [0.1, 0.15) is 4.60 Å². The number of methoxy groups -OCH3 is 2. The van der Waals surface area contributed by atoms with Crippen LogP contribution in [0.1, 0.15) is 0 Å². The van der Waals surface area contributed by atoms with Crippen LogP contribution in [0.25, 0.3) is 0 Å². The summed E-state index contributed by atoms with van der Waals surface area (Å²) in [5.74, 6) is 2.16. The minimum Gasteiger partial charge on any atom is -0.493 e. The van der Waals surface area contributed by atoms with E-state index in [9.17, 15) is 0 Å². The number of pyridine rings is 1. The summed E-state index contributed by atoms with van der Waals surface area (Å²) in [6, 6.07) is 10.9. The number of hydrogen-bond donors (Lipinski definition) is 0. The van der Waals surface area contributed by atoms with Crippen LogP contribution < -0.4 is 14.2 Å². The molecule has 4 nitrogen and oxygen atoms in total. The van der Waals surface area contributed by atoms with Gasteiger partial charge >= 0.3 is 0 Å². The number of nitrogens with zero attached hydrogens (tertiary/aromatic N) is 1. The van der Waals surface area contributed by atoms with Crippen LogP contribution in [-0.2, 0) is 0 Å². The summed E-state index contributed by atoms with van der Waals surface area (Å²) in [4.78, 5) is 4.20. The van der Waals surface area contributed by atoms with Crippen molar-refractivity contribution in [2.24, 2.45) is 0 Å². The minimum atomic E-state index is 0.465. The topological polar surface area (TPSA) is 40.6 Å². The van der Waals surface area contributed by atoms with Gasteiger partial charge in [-0.25, -0.2) is 4.98 Å². The average Bonchev–Trinajstić information content (AvgIpc) is 2.39. The molecule has 0 fully saturated rings. The number of rotatable bonds is 4. The molecule has 1 aromatic carbocycles. The molecule has 0 saturated carbocycles. The molecule has 18 heavy (non-hydrogen) atoms. The molecular weight excluding hydrogens is 298 g/mol. The second-order valence-corrected chi connectivity index (χ2v) is 4.20. The van der Waals surface area contributed by atoms with E-state index < -0.39 is 0 Å². The zero-order chi connectivity index (χ0) is 13.0. The van der Waals surface area contributed by atoms with Gasteiger partial charge in [-0.1, -0.05) is 12.1 Å². The molecule has 0 aliphatic rings. The van der Waals surface area contributed by atoms with Gasteiger partial charge in [0.25, 0.3) is 0 Å². The Labute approximate surface area is 114 Å². The molecular formula is C13H12BrNO3. The lowest BCUT2D eigenvalue weighted by Gasteiger charge is -2.13. The fourth-order valence-electron chi connectivity index (χ4n) is 1.47. The Morgan fingerprint density at radius 3 is 2.11 bits per heavy atom. The van der Waals surface area contributed by atoms with Gasteiger partial charge in [-0.2, -0.15) is 0 Å². The molecule has 5 heteroatoms. The van der Waals surface area contributed by atoms with E-state index in [-0.39, 0.29) is 0 Å². The highest BCUT2D eigenvalue weighted by Gasteiger charge is 2.12.